The number of nitrogens with zero attached hydrogens (tertiary/aromatic N) is 2. The van der Waals surface area contributed by atoms with Gasteiger partial charge in [0.2, 0.25) is 0 Å². The highest BCUT2D eigenvalue weighted by Gasteiger charge is 2.26. The number of hydrogen-bond acceptors (Lipinski definition) is 6. The number of nitrogens with two attached hydrogens (primary N) is 1. The summed E-state index contributed by atoms with van der Waals surface area (Å²) in [5, 5.41) is 1.20. The van der Waals surface area contributed by atoms with Crippen LogP contribution >= 0.6 is 0 Å². The molecule has 0 unspecified atom stereocenters. The van der Waals surface area contributed by atoms with Gasteiger partial charge < -0.3 is 19.9 Å². The van der Waals surface area contributed by atoms with Gasteiger partial charge in [0.15, 0.2) is 11.5 Å². The van der Waals surface area contributed by atoms with E-state index in [9.17, 15) is 4.39 Å². The minimum atomic E-state index is -0.241. The lowest BCUT2D eigenvalue weighted by atomic mass is 10.0. The van der Waals surface area contributed by atoms with Crippen LogP contribution in [0.3, 0.4) is 0 Å². The number of rotatable bonds is 7. The number of methoxy groups -OCH3 is 1. The van der Waals surface area contributed by atoms with Gasteiger partial charge in [-0.3, -0.25) is 9.88 Å². The SMILES string of the molecule is COc1cc2c(C3CC3)ccnc2cc1OCCCN1CCOCC1.Cc1ccc(N)cc1F. The normalized spacial score (nSPS) is 16.1. The molecule has 1 saturated carbocycles. The zero-order valence-electron chi connectivity index (χ0n) is 20.1. The summed E-state index contributed by atoms with van der Waals surface area (Å²) in [6, 6.07) is 10.9. The summed E-state index contributed by atoms with van der Waals surface area (Å²) >= 11 is 0. The Morgan fingerprint density at radius 1 is 1.12 bits per heavy atom. The van der Waals surface area contributed by atoms with Gasteiger partial charge in [0, 0.05) is 43.0 Å². The molecule has 1 aliphatic heterocycles. The molecule has 34 heavy (non-hydrogen) atoms. The summed E-state index contributed by atoms with van der Waals surface area (Å²) in [5.74, 6) is 2.04. The number of aryl methyl sites for hydroxylation is 1. The molecule has 1 aromatic heterocycles. The smallest absolute Gasteiger partial charge is 0.163 e. The molecule has 2 heterocycles. The Hall–Kier alpha value is -2.90. The quantitative estimate of drug-likeness (QED) is 0.392. The van der Waals surface area contributed by atoms with Crippen LogP contribution in [0, 0.1) is 12.7 Å². The number of hydrogen-bond donors (Lipinski definition) is 1. The first kappa shape index (κ1) is 24.2. The van der Waals surface area contributed by atoms with Crippen molar-refractivity contribution in [3.05, 3.63) is 59.5 Å². The number of halogens is 1. The number of benzene rings is 2. The predicted octanol–water partition coefficient (Wildman–Crippen LogP) is 4.94. The third-order valence-corrected chi connectivity index (χ3v) is 6.25. The van der Waals surface area contributed by atoms with Gasteiger partial charge in [-0.1, -0.05) is 6.07 Å². The van der Waals surface area contributed by atoms with Crippen LogP contribution in [-0.4, -0.2) is 56.4 Å². The maximum Gasteiger partial charge on any atom is 0.163 e. The van der Waals surface area contributed by atoms with Crippen molar-refractivity contribution in [2.24, 2.45) is 0 Å². The molecule has 2 N–H and O–H groups in total. The van der Waals surface area contributed by atoms with Crippen molar-refractivity contribution in [3.8, 4) is 11.5 Å². The third kappa shape index (κ3) is 6.36. The Kier molecular flexibility index (Phi) is 8.19. The standard InChI is InChI=1S/C20H26N2O3.C7H8FN/c1-23-19-13-17-16(15-3-4-15)5-6-21-18(17)14-20(19)25-10-2-7-22-8-11-24-12-9-22;1-5-2-3-6(9)4-7(5)8/h5-6,13-15H,2-4,7-12H2,1H3;2-4H,9H2,1H3. The Morgan fingerprint density at radius 2 is 1.91 bits per heavy atom. The molecule has 3 aromatic rings. The van der Waals surface area contributed by atoms with Crippen LogP contribution in [0.4, 0.5) is 10.1 Å². The number of nitrogen functional groups attached to an aromatic ring is 1. The van der Waals surface area contributed by atoms with Gasteiger partial charge in [0.1, 0.15) is 5.82 Å². The molecule has 182 valence electrons. The second kappa shape index (κ2) is 11.5. The fraction of sp³-hybridized carbons (Fsp3) is 0.444. The molecule has 2 aliphatic rings. The van der Waals surface area contributed by atoms with E-state index in [2.05, 4.69) is 22.0 Å². The van der Waals surface area contributed by atoms with Crippen molar-refractivity contribution in [2.45, 2.75) is 32.1 Å². The first-order valence-corrected chi connectivity index (χ1v) is 12.0. The summed E-state index contributed by atoms with van der Waals surface area (Å²) < 4.78 is 29.5. The lowest BCUT2D eigenvalue weighted by molar-refractivity contribution is 0.0357. The van der Waals surface area contributed by atoms with Crippen LogP contribution in [0.5, 0.6) is 11.5 Å². The van der Waals surface area contributed by atoms with Crippen LogP contribution in [0.1, 0.15) is 36.3 Å². The number of anilines is 1. The molecule has 6 nitrogen and oxygen atoms in total. The van der Waals surface area contributed by atoms with E-state index >= 15 is 0 Å². The fourth-order valence-electron chi connectivity index (χ4n) is 4.10. The van der Waals surface area contributed by atoms with E-state index in [-0.39, 0.29) is 5.82 Å². The Morgan fingerprint density at radius 3 is 2.59 bits per heavy atom. The summed E-state index contributed by atoms with van der Waals surface area (Å²) in [6.45, 7) is 7.16. The summed E-state index contributed by atoms with van der Waals surface area (Å²) in [5.41, 5.74) is 8.77. The Balaban J connectivity index is 0.000000257. The van der Waals surface area contributed by atoms with Gasteiger partial charge >= 0.3 is 0 Å². The van der Waals surface area contributed by atoms with Gasteiger partial charge in [-0.2, -0.15) is 0 Å². The van der Waals surface area contributed by atoms with Gasteiger partial charge in [-0.15, -0.1) is 0 Å². The maximum absolute atomic E-state index is 12.5. The zero-order valence-corrected chi connectivity index (χ0v) is 20.1. The van der Waals surface area contributed by atoms with Gasteiger partial charge in [-0.05, 0) is 67.5 Å². The van der Waals surface area contributed by atoms with E-state index in [0.29, 0.717) is 23.8 Å². The molecule has 0 spiro atoms. The zero-order chi connectivity index (χ0) is 23.9. The molecule has 1 aliphatic carbocycles. The largest absolute Gasteiger partial charge is 0.493 e. The molecular weight excluding hydrogens is 433 g/mol. The molecule has 0 bridgehead atoms. The van der Waals surface area contributed by atoms with Crippen molar-refractivity contribution in [2.75, 3.05) is 52.3 Å². The molecule has 0 amide bonds. The minimum absolute atomic E-state index is 0.241. The average molecular weight is 468 g/mol. The lowest BCUT2D eigenvalue weighted by Gasteiger charge is -2.26. The summed E-state index contributed by atoms with van der Waals surface area (Å²) in [6.07, 6.45) is 5.46. The van der Waals surface area contributed by atoms with E-state index in [1.807, 2.05) is 12.3 Å². The number of ether oxygens (including phenoxy) is 3. The fourth-order valence-corrected chi connectivity index (χ4v) is 4.10. The maximum atomic E-state index is 12.5. The van der Waals surface area contributed by atoms with Crippen LogP contribution in [0.25, 0.3) is 10.9 Å². The van der Waals surface area contributed by atoms with Crippen LogP contribution < -0.4 is 15.2 Å². The van der Waals surface area contributed by atoms with Crippen LogP contribution in [0.2, 0.25) is 0 Å². The second-order valence-electron chi connectivity index (χ2n) is 8.86. The molecule has 5 rings (SSSR count). The molecule has 2 aromatic carbocycles. The molecule has 2 fully saturated rings. The summed E-state index contributed by atoms with van der Waals surface area (Å²) in [7, 11) is 1.70. The van der Waals surface area contributed by atoms with E-state index < -0.39 is 0 Å². The van der Waals surface area contributed by atoms with E-state index in [1.54, 1.807) is 26.2 Å². The van der Waals surface area contributed by atoms with Crippen molar-refractivity contribution in [1.29, 1.82) is 0 Å². The van der Waals surface area contributed by atoms with Crippen LogP contribution in [0.15, 0.2) is 42.6 Å². The number of pyridine rings is 1. The molecular formula is C27H34FN3O3. The number of fused-ring (bicyclic) bond motifs is 1. The third-order valence-electron chi connectivity index (χ3n) is 6.25. The van der Waals surface area contributed by atoms with Gasteiger partial charge in [0.25, 0.3) is 0 Å². The average Bonchev–Trinajstić information content (AvgIpc) is 3.70. The van der Waals surface area contributed by atoms with E-state index in [4.69, 9.17) is 19.9 Å². The van der Waals surface area contributed by atoms with Crippen molar-refractivity contribution < 1.29 is 18.6 Å². The highest BCUT2D eigenvalue weighted by Crippen LogP contribution is 2.44. The molecule has 0 atom stereocenters. The van der Waals surface area contributed by atoms with Gasteiger partial charge in [-0.25, -0.2) is 4.39 Å². The molecule has 1 saturated heterocycles. The number of morpholine rings is 1. The first-order chi connectivity index (χ1) is 16.5. The second-order valence-corrected chi connectivity index (χ2v) is 8.86. The lowest BCUT2D eigenvalue weighted by Crippen LogP contribution is -2.37. The minimum Gasteiger partial charge on any atom is -0.493 e. The number of aromatic nitrogens is 1. The first-order valence-electron chi connectivity index (χ1n) is 12.0. The Labute approximate surface area is 200 Å². The van der Waals surface area contributed by atoms with E-state index in [0.717, 1.165) is 56.3 Å². The molecule has 0 radical (unpaired) electrons. The topological polar surface area (TPSA) is 69.8 Å². The van der Waals surface area contributed by atoms with Crippen molar-refractivity contribution in [3.63, 3.8) is 0 Å². The van der Waals surface area contributed by atoms with Crippen molar-refractivity contribution >= 4 is 16.6 Å². The predicted molar refractivity (Wildman–Crippen MR) is 133 cm³/mol. The highest BCUT2D eigenvalue weighted by molar-refractivity contribution is 5.86. The summed E-state index contributed by atoms with van der Waals surface area (Å²) in [4.78, 5) is 6.96. The monoisotopic (exact) mass is 467 g/mol. The Bertz CT molecular complexity index is 1100. The van der Waals surface area contributed by atoms with Gasteiger partial charge in [0.05, 0.1) is 32.4 Å². The van der Waals surface area contributed by atoms with Crippen molar-refractivity contribution in [1.82, 2.24) is 9.88 Å². The highest BCUT2D eigenvalue weighted by atomic mass is 19.1. The van der Waals surface area contributed by atoms with Crippen LogP contribution in [-0.2, 0) is 4.74 Å². The van der Waals surface area contributed by atoms with E-state index in [1.165, 1.54) is 29.9 Å². The molecule has 7 heteroatoms.